The first-order valence-corrected chi connectivity index (χ1v) is 6.57. The Labute approximate surface area is 105 Å². The van der Waals surface area contributed by atoms with E-state index in [1.54, 1.807) is 6.33 Å². The maximum Gasteiger partial charge on any atom is 0.138 e. The minimum absolute atomic E-state index is 0.279. The quantitative estimate of drug-likeness (QED) is 0.791. The molecule has 0 amide bonds. The van der Waals surface area contributed by atoms with Crippen LogP contribution in [-0.4, -0.2) is 27.4 Å². The molecule has 1 atom stereocenters. The van der Waals surface area contributed by atoms with E-state index in [0.29, 0.717) is 6.04 Å². The van der Waals surface area contributed by atoms with Crippen LogP contribution in [0.4, 0.5) is 0 Å². The number of aryl methyl sites for hydroxylation is 1. The monoisotopic (exact) mass is 238 g/mol. The predicted octanol–water partition coefficient (Wildman–Crippen LogP) is 2.16. The Hall–Kier alpha value is -0.900. The summed E-state index contributed by atoms with van der Waals surface area (Å²) in [5.74, 6) is 1.06. The van der Waals surface area contributed by atoms with E-state index in [9.17, 15) is 0 Å². The summed E-state index contributed by atoms with van der Waals surface area (Å²) in [5.41, 5.74) is 0.279. The lowest BCUT2D eigenvalue weighted by Crippen LogP contribution is -2.44. The highest BCUT2D eigenvalue weighted by Crippen LogP contribution is 2.26. The van der Waals surface area contributed by atoms with Gasteiger partial charge in [-0.1, -0.05) is 27.7 Å². The van der Waals surface area contributed by atoms with E-state index in [1.807, 2.05) is 11.7 Å². The topological polar surface area (TPSA) is 42.7 Å². The third-order valence-electron chi connectivity index (χ3n) is 3.69. The second-order valence-corrected chi connectivity index (χ2v) is 5.35. The maximum atomic E-state index is 4.32. The Kier molecular flexibility index (Phi) is 5.12. The van der Waals surface area contributed by atoms with Gasteiger partial charge in [-0.2, -0.15) is 5.10 Å². The molecule has 1 unspecified atom stereocenters. The van der Waals surface area contributed by atoms with Gasteiger partial charge in [0.1, 0.15) is 12.2 Å². The molecule has 1 aromatic rings. The van der Waals surface area contributed by atoms with Gasteiger partial charge in [-0.15, -0.1) is 0 Å². The summed E-state index contributed by atoms with van der Waals surface area (Å²) >= 11 is 0. The van der Waals surface area contributed by atoms with Crippen LogP contribution < -0.4 is 5.32 Å². The zero-order valence-electron chi connectivity index (χ0n) is 11.8. The largest absolute Gasteiger partial charge is 0.313 e. The fourth-order valence-corrected chi connectivity index (χ4v) is 1.88. The van der Waals surface area contributed by atoms with Crippen molar-refractivity contribution < 1.29 is 0 Å². The van der Waals surface area contributed by atoms with Gasteiger partial charge in [-0.25, -0.2) is 4.98 Å². The molecule has 17 heavy (non-hydrogen) atoms. The molecule has 0 radical (unpaired) electrons. The fraction of sp³-hybridized carbons (Fsp3) is 0.846. The molecule has 0 aromatic carbocycles. The van der Waals surface area contributed by atoms with Gasteiger partial charge in [0.15, 0.2) is 0 Å². The molecule has 0 aliphatic rings. The van der Waals surface area contributed by atoms with Gasteiger partial charge in [-0.3, -0.25) is 4.68 Å². The Balaban J connectivity index is 2.73. The fourth-order valence-electron chi connectivity index (χ4n) is 1.88. The van der Waals surface area contributed by atoms with E-state index >= 15 is 0 Å². The second kappa shape index (κ2) is 6.15. The Morgan fingerprint density at radius 1 is 1.41 bits per heavy atom. The van der Waals surface area contributed by atoms with E-state index in [-0.39, 0.29) is 5.41 Å². The van der Waals surface area contributed by atoms with Gasteiger partial charge >= 0.3 is 0 Å². The molecule has 1 heterocycles. The van der Waals surface area contributed by atoms with Gasteiger partial charge < -0.3 is 5.32 Å². The molecule has 98 valence electrons. The van der Waals surface area contributed by atoms with Crippen molar-refractivity contribution in [2.75, 3.05) is 6.54 Å². The number of aromatic nitrogens is 3. The van der Waals surface area contributed by atoms with Gasteiger partial charge in [0.05, 0.1) is 0 Å². The third kappa shape index (κ3) is 3.80. The van der Waals surface area contributed by atoms with Gasteiger partial charge in [-0.05, 0) is 24.8 Å². The normalized spacial score (nSPS) is 13.9. The summed E-state index contributed by atoms with van der Waals surface area (Å²) in [6, 6.07) is 0.454. The van der Waals surface area contributed by atoms with Crippen molar-refractivity contribution >= 4 is 0 Å². The lowest BCUT2D eigenvalue weighted by atomic mass is 9.80. The number of rotatable bonds is 7. The molecule has 1 aromatic heterocycles. The minimum atomic E-state index is 0.279. The zero-order chi connectivity index (χ0) is 12.9. The highest BCUT2D eigenvalue weighted by Gasteiger charge is 2.28. The highest BCUT2D eigenvalue weighted by molar-refractivity contribution is 4.94. The molecule has 0 spiro atoms. The standard InChI is InChI=1S/C13H26N4/c1-6-8-14-11(13(3,4)7-2)9-12-15-10-16-17(12)5/h10-11,14H,6-9H2,1-5H3. The number of nitrogens with zero attached hydrogens (tertiary/aromatic N) is 3. The average Bonchev–Trinajstić information content (AvgIpc) is 2.70. The Morgan fingerprint density at radius 3 is 2.59 bits per heavy atom. The summed E-state index contributed by atoms with van der Waals surface area (Å²) in [7, 11) is 1.96. The molecule has 0 saturated heterocycles. The molecule has 4 nitrogen and oxygen atoms in total. The first-order chi connectivity index (χ1) is 8.01. The van der Waals surface area contributed by atoms with Crippen molar-refractivity contribution in [2.45, 2.75) is 53.0 Å². The van der Waals surface area contributed by atoms with Crippen LogP contribution in [0.15, 0.2) is 6.33 Å². The van der Waals surface area contributed by atoms with Crippen molar-refractivity contribution in [2.24, 2.45) is 12.5 Å². The van der Waals surface area contributed by atoms with Crippen molar-refractivity contribution in [3.05, 3.63) is 12.2 Å². The van der Waals surface area contributed by atoms with Crippen molar-refractivity contribution in [3.8, 4) is 0 Å². The molecule has 1 N–H and O–H groups in total. The summed E-state index contributed by atoms with van der Waals surface area (Å²) < 4.78 is 1.87. The molecule has 0 bridgehead atoms. The summed E-state index contributed by atoms with van der Waals surface area (Å²) in [4.78, 5) is 4.32. The minimum Gasteiger partial charge on any atom is -0.313 e. The lowest BCUT2D eigenvalue weighted by Gasteiger charge is -2.34. The van der Waals surface area contributed by atoms with Crippen LogP contribution in [0.1, 0.15) is 46.4 Å². The summed E-state index contributed by atoms with van der Waals surface area (Å²) in [6.07, 6.45) is 4.89. The molecule has 1 rings (SSSR count). The number of hydrogen-bond donors (Lipinski definition) is 1. The van der Waals surface area contributed by atoms with E-state index in [4.69, 9.17) is 0 Å². The third-order valence-corrected chi connectivity index (χ3v) is 3.69. The van der Waals surface area contributed by atoms with Crippen LogP contribution in [0.25, 0.3) is 0 Å². The van der Waals surface area contributed by atoms with Crippen LogP contribution in [-0.2, 0) is 13.5 Å². The van der Waals surface area contributed by atoms with E-state index in [0.717, 1.165) is 31.6 Å². The van der Waals surface area contributed by atoms with E-state index < -0.39 is 0 Å². The first kappa shape index (κ1) is 14.2. The number of hydrogen-bond acceptors (Lipinski definition) is 3. The zero-order valence-corrected chi connectivity index (χ0v) is 11.8. The Bertz CT molecular complexity index is 330. The smallest absolute Gasteiger partial charge is 0.138 e. The van der Waals surface area contributed by atoms with Crippen LogP contribution in [0.2, 0.25) is 0 Å². The van der Waals surface area contributed by atoms with Gasteiger partial charge in [0, 0.05) is 19.5 Å². The number of nitrogens with one attached hydrogen (secondary N) is 1. The lowest BCUT2D eigenvalue weighted by molar-refractivity contribution is 0.226. The van der Waals surface area contributed by atoms with Crippen LogP contribution in [0, 0.1) is 5.41 Å². The molecule has 0 aliphatic heterocycles. The van der Waals surface area contributed by atoms with Crippen molar-refractivity contribution in [1.82, 2.24) is 20.1 Å². The van der Waals surface area contributed by atoms with Crippen LogP contribution in [0.3, 0.4) is 0 Å². The van der Waals surface area contributed by atoms with E-state index in [1.165, 1.54) is 0 Å². The molecule has 0 aliphatic carbocycles. The molecule has 4 heteroatoms. The van der Waals surface area contributed by atoms with Crippen LogP contribution in [0.5, 0.6) is 0 Å². The van der Waals surface area contributed by atoms with Crippen molar-refractivity contribution in [1.29, 1.82) is 0 Å². The maximum absolute atomic E-state index is 4.32. The Morgan fingerprint density at radius 2 is 2.12 bits per heavy atom. The average molecular weight is 238 g/mol. The molecular weight excluding hydrogens is 212 g/mol. The SMILES string of the molecule is CCCNC(Cc1ncnn1C)C(C)(C)CC. The highest BCUT2D eigenvalue weighted by atomic mass is 15.3. The molecular formula is C13H26N4. The summed E-state index contributed by atoms with van der Waals surface area (Å²) in [5, 5.41) is 7.78. The van der Waals surface area contributed by atoms with E-state index in [2.05, 4.69) is 43.1 Å². The molecule has 0 fully saturated rings. The predicted molar refractivity (Wildman–Crippen MR) is 70.9 cm³/mol. The molecule has 0 saturated carbocycles. The first-order valence-electron chi connectivity index (χ1n) is 6.57. The van der Waals surface area contributed by atoms with Gasteiger partial charge in [0.25, 0.3) is 0 Å². The summed E-state index contributed by atoms with van der Waals surface area (Å²) in [6.45, 7) is 10.1. The van der Waals surface area contributed by atoms with Crippen molar-refractivity contribution in [3.63, 3.8) is 0 Å². The second-order valence-electron chi connectivity index (χ2n) is 5.35. The van der Waals surface area contributed by atoms with Crippen LogP contribution >= 0.6 is 0 Å². The van der Waals surface area contributed by atoms with Gasteiger partial charge in [0.2, 0.25) is 0 Å².